The minimum absolute atomic E-state index is 0.0317. The van der Waals surface area contributed by atoms with Crippen LogP contribution in [0.2, 0.25) is 0 Å². The van der Waals surface area contributed by atoms with Crippen LogP contribution in [0.15, 0.2) is 48.9 Å². The summed E-state index contributed by atoms with van der Waals surface area (Å²) in [5, 5.41) is 15.6. The largest absolute Gasteiger partial charge is 0.417 e. The summed E-state index contributed by atoms with van der Waals surface area (Å²) in [6, 6.07) is 10.3. The fourth-order valence-corrected chi connectivity index (χ4v) is 3.59. The molecule has 1 amide bonds. The second-order valence-electron chi connectivity index (χ2n) is 8.20. The van der Waals surface area contributed by atoms with Gasteiger partial charge < -0.3 is 15.6 Å². The van der Waals surface area contributed by atoms with Crippen LogP contribution in [0.3, 0.4) is 0 Å². The Hall–Kier alpha value is -4.46. The van der Waals surface area contributed by atoms with Crippen LogP contribution in [0, 0.1) is 17.2 Å². The summed E-state index contributed by atoms with van der Waals surface area (Å²) in [5.74, 6) is 0.357. The zero-order valence-electron chi connectivity index (χ0n) is 18.1. The molecule has 1 aromatic carbocycles. The van der Waals surface area contributed by atoms with Crippen molar-refractivity contribution in [3.8, 4) is 17.3 Å². The number of pyridine rings is 1. The topological polar surface area (TPSA) is 119 Å². The Morgan fingerprint density at radius 3 is 2.63 bits per heavy atom. The summed E-state index contributed by atoms with van der Waals surface area (Å²) in [7, 11) is 0. The smallest absolute Gasteiger partial charge is 0.350 e. The van der Waals surface area contributed by atoms with Gasteiger partial charge in [0.2, 0.25) is 11.9 Å². The van der Waals surface area contributed by atoms with Gasteiger partial charge in [0.15, 0.2) is 0 Å². The van der Waals surface area contributed by atoms with E-state index in [0.29, 0.717) is 17.8 Å². The standard InChI is InChI=1S/C24H18F3N7O/c25-24(26,27)16-7-18-19(12-30-21(18)29-11-16)20-15(8-28)10-32-23(34-20)31-9-13-1-5-17(6-2-13)33-22(35)14-3-4-14/h1-2,5-7,10-12,14H,3-4,9H2,(H,29,30)(H,33,35)(H,31,32,34). The van der Waals surface area contributed by atoms with E-state index >= 15 is 0 Å². The lowest BCUT2D eigenvalue weighted by Gasteiger charge is -2.10. The van der Waals surface area contributed by atoms with Gasteiger partial charge in [0.1, 0.15) is 11.7 Å². The SMILES string of the molecule is N#Cc1cnc(NCc2ccc(NC(=O)C3CC3)cc2)nc1-c1c[nH]c2ncc(C(F)(F)F)cc12. The van der Waals surface area contributed by atoms with Crippen LogP contribution in [-0.2, 0) is 17.5 Å². The number of benzene rings is 1. The van der Waals surface area contributed by atoms with Gasteiger partial charge in [0.05, 0.1) is 23.0 Å². The molecule has 0 radical (unpaired) electrons. The highest BCUT2D eigenvalue weighted by atomic mass is 19.4. The molecule has 3 heterocycles. The first-order valence-corrected chi connectivity index (χ1v) is 10.8. The van der Waals surface area contributed by atoms with Crippen molar-refractivity contribution in [3.63, 3.8) is 0 Å². The number of anilines is 2. The van der Waals surface area contributed by atoms with Crippen molar-refractivity contribution in [1.82, 2.24) is 19.9 Å². The molecule has 0 spiro atoms. The number of aromatic nitrogens is 4. The Morgan fingerprint density at radius 2 is 1.94 bits per heavy atom. The Bertz CT molecular complexity index is 1450. The van der Waals surface area contributed by atoms with Crippen LogP contribution in [-0.4, -0.2) is 25.8 Å². The Labute approximate surface area is 197 Å². The highest BCUT2D eigenvalue weighted by Gasteiger charge is 2.32. The summed E-state index contributed by atoms with van der Waals surface area (Å²) < 4.78 is 39.6. The molecule has 8 nitrogen and oxygen atoms in total. The number of aromatic amines is 1. The number of nitrogens with zero attached hydrogens (tertiary/aromatic N) is 4. The molecule has 3 N–H and O–H groups in total. The summed E-state index contributed by atoms with van der Waals surface area (Å²) in [6.07, 6.45) is 0.851. The lowest BCUT2D eigenvalue weighted by molar-refractivity contribution is -0.137. The third-order valence-corrected chi connectivity index (χ3v) is 5.64. The predicted octanol–water partition coefficient (Wildman–Crippen LogP) is 4.87. The molecule has 3 aromatic heterocycles. The number of nitriles is 1. The van der Waals surface area contributed by atoms with Crippen molar-refractivity contribution in [3.05, 3.63) is 65.6 Å². The number of amides is 1. The molecule has 11 heteroatoms. The summed E-state index contributed by atoms with van der Waals surface area (Å²) >= 11 is 0. The molecule has 0 bridgehead atoms. The van der Waals surface area contributed by atoms with Gasteiger partial charge >= 0.3 is 6.18 Å². The van der Waals surface area contributed by atoms with Crippen molar-refractivity contribution < 1.29 is 18.0 Å². The van der Waals surface area contributed by atoms with E-state index in [4.69, 9.17) is 0 Å². The number of rotatable bonds is 6. The molecule has 1 saturated carbocycles. The minimum Gasteiger partial charge on any atom is -0.350 e. The number of fused-ring (bicyclic) bond motifs is 1. The zero-order chi connectivity index (χ0) is 24.6. The average Bonchev–Trinajstić information content (AvgIpc) is 3.62. The number of nitrogens with one attached hydrogen (secondary N) is 3. The van der Waals surface area contributed by atoms with Gasteiger partial charge in [-0.3, -0.25) is 4.79 Å². The fourth-order valence-electron chi connectivity index (χ4n) is 3.59. The molecule has 1 fully saturated rings. The molecule has 0 saturated heterocycles. The maximum absolute atomic E-state index is 13.2. The number of hydrogen-bond acceptors (Lipinski definition) is 6. The van der Waals surface area contributed by atoms with E-state index in [1.165, 1.54) is 12.4 Å². The summed E-state index contributed by atoms with van der Waals surface area (Å²) in [5.41, 5.74) is 1.59. The second-order valence-corrected chi connectivity index (χ2v) is 8.20. The van der Waals surface area contributed by atoms with Gasteiger partial charge in [-0.15, -0.1) is 0 Å². The van der Waals surface area contributed by atoms with Crippen LogP contribution >= 0.6 is 0 Å². The van der Waals surface area contributed by atoms with Gasteiger partial charge in [-0.1, -0.05) is 12.1 Å². The molecule has 35 heavy (non-hydrogen) atoms. The van der Waals surface area contributed by atoms with Crippen molar-refractivity contribution >= 4 is 28.6 Å². The Kier molecular flexibility index (Phi) is 5.56. The van der Waals surface area contributed by atoms with E-state index in [9.17, 15) is 23.2 Å². The highest BCUT2D eigenvalue weighted by Crippen LogP contribution is 2.35. The van der Waals surface area contributed by atoms with Crippen LogP contribution in [0.4, 0.5) is 24.8 Å². The number of alkyl halides is 3. The normalized spacial score (nSPS) is 13.4. The highest BCUT2D eigenvalue weighted by molar-refractivity contribution is 5.95. The molecular formula is C24H18F3N7O. The predicted molar refractivity (Wildman–Crippen MR) is 122 cm³/mol. The van der Waals surface area contributed by atoms with Crippen molar-refractivity contribution in [1.29, 1.82) is 5.26 Å². The molecular weight excluding hydrogens is 459 g/mol. The van der Waals surface area contributed by atoms with Gasteiger partial charge in [0, 0.05) is 41.5 Å². The lowest BCUT2D eigenvalue weighted by atomic mass is 10.1. The van der Waals surface area contributed by atoms with Crippen molar-refractivity contribution in [2.24, 2.45) is 5.92 Å². The maximum Gasteiger partial charge on any atom is 0.417 e. The number of carbonyl (C=O) groups excluding carboxylic acids is 1. The van der Waals surface area contributed by atoms with Gasteiger partial charge in [-0.05, 0) is 36.6 Å². The fraction of sp³-hybridized carbons (Fsp3) is 0.208. The van der Waals surface area contributed by atoms with Crippen LogP contribution in [0.1, 0.15) is 29.5 Å². The minimum atomic E-state index is -4.55. The third-order valence-electron chi connectivity index (χ3n) is 5.64. The molecule has 0 unspecified atom stereocenters. The van der Waals surface area contributed by atoms with Crippen LogP contribution in [0.25, 0.3) is 22.3 Å². The lowest BCUT2D eigenvalue weighted by Crippen LogP contribution is -2.13. The van der Waals surface area contributed by atoms with Gasteiger partial charge in [-0.2, -0.15) is 18.4 Å². The number of halogens is 3. The number of carbonyl (C=O) groups is 1. The van der Waals surface area contributed by atoms with Gasteiger partial charge in [-0.25, -0.2) is 15.0 Å². The molecule has 0 aliphatic heterocycles. The molecule has 1 aliphatic rings. The summed E-state index contributed by atoms with van der Waals surface area (Å²) in [4.78, 5) is 27.1. The second kappa shape index (κ2) is 8.72. The Balaban J connectivity index is 1.37. The van der Waals surface area contributed by atoms with E-state index < -0.39 is 11.7 Å². The van der Waals surface area contributed by atoms with E-state index in [0.717, 1.165) is 30.7 Å². The average molecular weight is 477 g/mol. The first kappa shape index (κ1) is 22.3. The maximum atomic E-state index is 13.2. The summed E-state index contributed by atoms with van der Waals surface area (Å²) in [6.45, 7) is 0.357. The first-order chi connectivity index (χ1) is 16.8. The quantitative estimate of drug-likeness (QED) is 0.365. The van der Waals surface area contributed by atoms with Crippen LogP contribution < -0.4 is 10.6 Å². The van der Waals surface area contributed by atoms with E-state index in [1.54, 1.807) is 12.1 Å². The molecule has 5 rings (SSSR count). The van der Waals surface area contributed by atoms with E-state index in [1.807, 2.05) is 18.2 Å². The number of hydrogen-bond donors (Lipinski definition) is 3. The number of H-pyrrole nitrogens is 1. The molecule has 1 aliphatic carbocycles. The van der Waals surface area contributed by atoms with E-state index in [2.05, 4.69) is 30.6 Å². The molecule has 176 valence electrons. The zero-order valence-corrected chi connectivity index (χ0v) is 18.1. The van der Waals surface area contributed by atoms with Crippen molar-refractivity contribution in [2.75, 3.05) is 10.6 Å². The Morgan fingerprint density at radius 1 is 1.17 bits per heavy atom. The van der Waals surface area contributed by atoms with Gasteiger partial charge in [0.25, 0.3) is 0 Å². The van der Waals surface area contributed by atoms with E-state index in [-0.39, 0.29) is 40.1 Å². The first-order valence-electron chi connectivity index (χ1n) is 10.8. The monoisotopic (exact) mass is 477 g/mol. The third kappa shape index (κ3) is 4.77. The van der Waals surface area contributed by atoms with Crippen molar-refractivity contribution in [2.45, 2.75) is 25.6 Å². The molecule has 4 aromatic rings. The molecule has 0 atom stereocenters. The van der Waals surface area contributed by atoms with Crippen LogP contribution in [0.5, 0.6) is 0 Å².